The van der Waals surface area contributed by atoms with Crippen LogP contribution in [0.25, 0.3) is 0 Å². The van der Waals surface area contributed by atoms with E-state index >= 15 is 0 Å². The third-order valence-electron chi connectivity index (χ3n) is 3.71. The van der Waals surface area contributed by atoms with Crippen molar-refractivity contribution in [3.8, 4) is 11.5 Å². The Kier molecular flexibility index (Phi) is 6.90. The zero-order valence-corrected chi connectivity index (χ0v) is 16.5. The molecule has 0 fully saturated rings. The van der Waals surface area contributed by atoms with E-state index in [0.717, 1.165) is 17.5 Å². The molecule has 0 saturated carbocycles. The fourth-order valence-electron chi connectivity index (χ4n) is 2.34. The van der Waals surface area contributed by atoms with Crippen molar-refractivity contribution in [2.75, 3.05) is 23.5 Å². The molecule has 1 amide bonds. The van der Waals surface area contributed by atoms with E-state index in [9.17, 15) is 9.18 Å². The Bertz CT molecular complexity index is 965. The van der Waals surface area contributed by atoms with Gasteiger partial charge in [0.2, 0.25) is 11.1 Å². The summed E-state index contributed by atoms with van der Waals surface area (Å²) in [4.78, 5) is 12.1. The molecule has 8 nitrogen and oxygen atoms in total. The molecular formula is C19H20FN5O3S. The minimum Gasteiger partial charge on any atom is -0.494 e. The van der Waals surface area contributed by atoms with Gasteiger partial charge in [-0.15, -0.1) is 10.2 Å². The Morgan fingerprint density at radius 1 is 1.17 bits per heavy atom. The lowest BCUT2D eigenvalue weighted by Gasteiger charge is -2.08. The maximum Gasteiger partial charge on any atom is 0.234 e. The predicted molar refractivity (Wildman–Crippen MR) is 108 cm³/mol. The maximum absolute atomic E-state index is 13.6. The Labute approximate surface area is 171 Å². The minimum absolute atomic E-state index is 0.0522. The van der Waals surface area contributed by atoms with Crippen LogP contribution in [0.5, 0.6) is 11.5 Å². The molecule has 0 aliphatic carbocycles. The number of benzene rings is 2. The van der Waals surface area contributed by atoms with Gasteiger partial charge in [-0.25, -0.2) is 9.07 Å². The largest absolute Gasteiger partial charge is 0.494 e. The standard InChI is InChI=1S/C19H20FN5O3S/c1-2-27-14-9-7-13(8-10-14)22-18(26)12-29-19-24-23-17(25(19)21)11-28-16-6-4-3-5-15(16)20/h3-10H,2,11-12,21H2,1H3,(H,22,26). The molecule has 0 aliphatic rings. The predicted octanol–water partition coefficient (Wildman–Crippen LogP) is 2.84. The number of nitrogens with zero attached hydrogens (tertiary/aromatic N) is 3. The van der Waals surface area contributed by atoms with Crippen LogP contribution in [-0.2, 0) is 11.4 Å². The second-order valence-corrected chi connectivity index (χ2v) is 6.72. The van der Waals surface area contributed by atoms with E-state index in [4.69, 9.17) is 15.3 Å². The van der Waals surface area contributed by atoms with E-state index in [0.29, 0.717) is 23.3 Å². The van der Waals surface area contributed by atoms with Gasteiger partial charge in [0, 0.05) is 5.69 Å². The molecule has 0 unspecified atom stereocenters. The molecule has 10 heteroatoms. The fraction of sp³-hybridized carbons (Fsp3) is 0.211. The van der Waals surface area contributed by atoms with Gasteiger partial charge in [-0.3, -0.25) is 4.79 Å². The highest BCUT2D eigenvalue weighted by Crippen LogP contribution is 2.20. The number of hydrogen-bond acceptors (Lipinski definition) is 7. The van der Waals surface area contributed by atoms with Crippen molar-refractivity contribution in [3.63, 3.8) is 0 Å². The molecule has 1 heterocycles. The number of carbonyl (C=O) groups excluding carboxylic acids is 1. The van der Waals surface area contributed by atoms with Crippen LogP contribution in [-0.4, -0.2) is 33.1 Å². The highest BCUT2D eigenvalue weighted by Gasteiger charge is 2.14. The zero-order chi connectivity index (χ0) is 20.6. The lowest BCUT2D eigenvalue weighted by atomic mass is 10.3. The number of nitrogen functional groups attached to an aromatic ring is 1. The van der Waals surface area contributed by atoms with Gasteiger partial charge >= 0.3 is 0 Å². The van der Waals surface area contributed by atoms with E-state index in [1.807, 2.05) is 6.92 Å². The van der Waals surface area contributed by atoms with Crippen molar-refractivity contribution < 1.29 is 18.7 Å². The summed E-state index contributed by atoms with van der Waals surface area (Å²) in [5, 5.41) is 11.0. The summed E-state index contributed by atoms with van der Waals surface area (Å²) < 4.78 is 25.5. The van der Waals surface area contributed by atoms with Crippen LogP contribution in [0.4, 0.5) is 10.1 Å². The third kappa shape index (κ3) is 5.61. The summed E-state index contributed by atoms with van der Waals surface area (Å²) in [6.45, 7) is 2.43. The molecule has 3 N–H and O–H groups in total. The van der Waals surface area contributed by atoms with Gasteiger partial charge in [-0.1, -0.05) is 23.9 Å². The lowest BCUT2D eigenvalue weighted by molar-refractivity contribution is -0.113. The number of carbonyl (C=O) groups is 1. The molecule has 2 aromatic carbocycles. The van der Waals surface area contributed by atoms with Crippen LogP contribution >= 0.6 is 11.8 Å². The van der Waals surface area contributed by atoms with Crippen molar-refractivity contribution in [2.45, 2.75) is 18.7 Å². The molecule has 0 bridgehead atoms. The number of nitrogens with two attached hydrogens (primary N) is 1. The van der Waals surface area contributed by atoms with Crippen molar-refractivity contribution in [2.24, 2.45) is 0 Å². The topological polar surface area (TPSA) is 104 Å². The number of amides is 1. The SMILES string of the molecule is CCOc1ccc(NC(=O)CSc2nnc(COc3ccccc3F)n2N)cc1. The van der Waals surface area contributed by atoms with Gasteiger partial charge in [-0.05, 0) is 43.3 Å². The Morgan fingerprint density at radius 2 is 1.93 bits per heavy atom. The van der Waals surface area contributed by atoms with Crippen LogP contribution in [0.1, 0.15) is 12.7 Å². The highest BCUT2D eigenvalue weighted by atomic mass is 32.2. The monoisotopic (exact) mass is 417 g/mol. The average molecular weight is 417 g/mol. The number of anilines is 1. The molecule has 3 aromatic rings. The molecule has 29 heavy (non-hydrogen) atoms. The molecule has 0 atom stereocenters. The van der Waals surface area contributed by atoms with E-state index < -0.39 is 5.82 Å². The number of hydrogen-bond donors (Lipinski definition) is 2. The molecule has 0 saturated heterocycles. The van der Waals surface area contributed by atoms with Crippen molar-refractivity contribution in [1.29, 1.82) is 0 Å². The molecule has 3 rings (SSSR count). The maximum atomic E-state index is 13.6. The summed E-state index contributed by atoms with van der Waals surface area (Å²) in [6.07, 6.45) is 0. The fourth-order valence-corrected chi connectivity index (χ4v) is 3.01. The number of para-hydroxylation sites is 1. The van der Waals surface area contributed by atoms with Gasteiger partial charge in [0.15, 0.2) is 17.4 Å². The first-order chi connectivity index (χ1) is 14.1. The van der Waals surface area contributed by atoms with Crippen LogP contribution < -0.4 is 20.6 Å². The number of thioether (sulfide) groups is 1. The minimum atomic E-state index is -0.476. The van der Waals surface area contributed by atoms with Crippen molar-refractivity contribution >= 4 is 23.4 Å². The van der Waals surface area contributed by atoms with Crippen LogP contribution in [0, 0.1) is 5.82 Å². The number of nitrogens with one attached hydrogen (secondary N) is 1. The number of ether oxygens (including phenoxy) is 2. The summed E-state index contributed by atoms with van der Waals surface area (Å²) in [5.74, 6) is 6.48. The molecule has 0 aliphatic heterocycles. The highest BCUT2D eigenvalue weighted by molar-refractivity contribution is 7.99. The molecular weight excluding hydrogens is 397 g/mol. The van der Waals surface area contributed by atoms with Crippen LogP contribution in [0.3, 0.4) is 0 Å². The van der Waals surface area contributed by atoms with Crippen molar-refractivity contribution in [1.82, 2.24) is 14.9 Å². The molecule has 152 valence electrons. The van der Waals surface area contributed by atoms with Gasteiger partial charge in [0.25, 0.3) is 0 Å². The van der Waals surface area contributed by atoms with Gasteiger partial charge in [0.05, 0.1) is 12.4 Å². The summed E-state index contributed by atoms with van der Waals surface area (Å²) >= 11 is 1.13. The molecule has 0 spiro atoms. The molecule has 1 aromatic heterocycles. The van der Waals surface area contributed by atoms with Crippen LogP contribution in [0.15, 0.2) is 53.7 Å². The number of halogens is 1. The Balaban J connectivity index is 1.50. The second-order valence-electron chi connectivity index (χ2n) is 5.78. The first-order valence-electron chi connectivity index (χ1n) is 8.79. The molecule has 0 radical (unpaired) electrons. The van der Waals surface area contributed by atoms with E-state index in [-0.39, 0.29) is 24.0 Å². The van der Waals surface area contributed by atoms with Gasteiger partial charge in [0.1, 0.15) is 12.4 Å². The quantitative estimate of drug-likeness (QED) is 0.407. The Hall–Kier alpha value is -3.27. The van der Waals surface area contributed by atoms with Crippen LogP contribution in [0.2, 0.25) is 0 Å². The van der Waals surface area contributed by atoms with E-state index in [1.54, 1.807) is 36.4 Å². The first kappa shape index (κ1) is 20.5. The lowest BCUT2D eigenvalue weighted by Crippen LogP contribution is -2.18. The van der Waals surface area contributed by atoms with Crippen molar-refractivity contribution in [3.05, 3.63) is 60.2 Å². The second kappa shape index (κ2) is 9.78. The first-order valence-corrected chi connectivity index (χ1v) is 9.77. The summed E-state index contributed by atoms with van der Waals surface area (Å²) in [5.41, 5.74) is 0.659. The summed E-state index contributed by atoms with van der Waals surface area (Å²) in [7, 11) is 0. The third-order valence-corrected chi connectivity index (χ3v) is 4.65. The van der Waals surface area contributed by atoms with E-state index in [1.165, 1.54) is 16.8 Å². The zero-order valence-electron chi connectivity index (χ0n) is 15.7. The average Bonchev–Trinajstić information content (AvgIpc) is 3.07. The van der Waals surface area contributed by atoms with Gasteiger partial charge < -0.3 is 20.6 Å². The van der Waals surface area contributed by atoms with Gasteiger partial charge in [-0.2, -0.15) is 0 Å². The summed E-state index contributed by atoms with van der Waals surface area (Å²) in [6, 6.07) is 13.1. The normalized spacial score (nSPS) is 10.6. The van der Waals surface area contributed by atoms with E-state index in [2.05, 4.69) is 15.5 Å². The number of rotatable bonds is 9. The number of aromatic nitrogens is 3. The Morgan fingerprint density at radius 3 is 2.66 bits per heavy atom. The smallest absolute Gasteiger partial charge is 0.234 e.